The molecular weight excluding hydrogens is 238 g/mol. The summed E-state index contributed by atoms with van der Waals surface area (Å²) in [5, 5.41) is 9.18. The highest BCUT2D eigenvalue weighted by atomic mass is 16.4. The first-order chi connectivity index (χ1) is 8.63. The minimum Gasteiger partial charge on any atom is -0.481 e. The first-order valence-corrected chi connectivity index (χ1v) is 6.62. The monoisotopic (exact) mass is 263 g/mol. The predicted molar refractivity (Wildman–Crippen MR) is 78.4 cm³/mol. The summed E-state index contributed by atoms with van der Waals surface area (Å²) in [5.74, 6) is -0.753. The van der Waals surface area contributed by atoms with Crippen molar-refractivity contribution in [2.75, 3.05) is 13.6 Å². The summed E-state index contributed by atoms with van der Waals surface area (Å²) >= 11 is 0. The van der Waals surface area contributed by atoms with E-state index in [1.54, 1.807) is 13.8 Å². The van der Waals surface area contributed by atoms with Crippen molar-refractivity contribution in [3.8, 4) is 0 Å². The fraction of sp³-hybridized carbons (Fsp3) is 0.562. The highest BCUT2D eigenvalue weighted by molar-refractivity contribution is 5.73. The third-order valence-corrected chi connectivity index (χ3v) is 3.51. The summed E-state index contributed by atoms with van der Waals surface area (Å²) < 4.78 is 0. The quantitative estimate of drug-likeness (QED) is 0.887. The number of carbonyl (C=O) groups is 1. The number of rotatable bonds is 5. The van der Waals surface area contributed by atoms with E-state index < -0.39 is 11.4 Å². The van der Waals surface area contributed by atoms with Crippen molar-refractivity contribution < 1.29 is 9.90 Å². The van der Waals surface area contributed by atoms with Crippen LogP contribution in [0, 0.1) is 26.2 Å². The molecule has 3 heteroatoms. The van der Waals surface area contributed by atoms with E-state index in [4.69, 9.17) is 0 Å². The Balaban J connectivity index is 2.84. The van der Waals surface area contributed by atoms with Crippen LogP contribution in [0.1, 0.15) is 36.1 Å². The van der Waals surface area contributed by atoms with Gasteiger partial charge in [0.1, 0.15) is 0 Å². The molecule has 0 spiro atoms. The smallest absolute Gasteiger partial charge is 0.310 e. The van der Waals surface area contributed by atoms with Crippen molar-refractivity contribution in [2.45, 2.75) is 41.2 Å². The van der Waals surface area contributed by atoms with Crippen LogP contribution in [0.15, 0.2) is 12.1 Å². The molecule has 19 heavy (non-hydrogen) atoms. The number of hydrogen-bond acceptors (Lipinski definition) is 2. The van der Waals surface area contributed by atoms with Crippen LogP contribution >= 0.6 is 0 Å². The zero-order chi connectivity index (χ0) is 14.8. The molecule has 1 rings (SSSR count). The Labute approximate surface area is 116 Å². The third-order valence-electron chi connectivity index (χ3n) is 3.51. The summed E-state index contributed by atoms with van der Waals surface area (Å²) in [6.07, 6.45) is 0. The normalized spacial score (nSPS) is 11.9. The zero-order valence-corrected chi connectivity index (χ0v) is 12.9. The topological polar surface area (TPSA) is 40.5 Å². The number of aryl methyl sites for hydroxylation is 3. The number of nitrogens with zero attached hydrogens (tertiary/aromatic N) is 1. The average molecular weight is 263 g/mol. The lowest BCUT2D eigenvalue weighted by molar-refractivity contribution is -0.147. The van der Waals surface area contributed by atoms with Crippen molar-refractivity contribution in [3.05, 3.63) is 34.4 Å². The Hall–Kier alpha value is -1.35. The second-order valence-electron chi connectivity index (χ2n) is 6.24. The fourth-order valence-corrected chi connectivity index (χ4v) is 2.53. The van der Waals surface area contributed by atoms with E-state index in [2.05, 4.69) is 37.8 Å². The van der Waals surface area contributed by atoms with Crippen LogP contribution in [0.5, 0.6) is 0 Å². The van der Waals surface area contributed by atoms with Gasteiger partial charge in [-0.25, -0.2) is 0 Å². The molecule has 0 aliphatic carbocycles. The largest absolute Gasteiger partial charge is 0.481 e. The molecule has 0 fully saturated rings. The molecule has 1 aromatic rings. The molecule has 0 aromatic heterocycles. The van der Waals surface area contributed by atoms with Crippen molar-refractivity contribution in [1.82, 2.24) is 4.90 Å². The Morgan fingerprint density at radius 2 is 1.68 bits per heavy atom. The summed E-state index contributed by atoms with van der Waals surface area (Å²) in [6.45, 7) is 11.2. The lowest BCUT2D eigenvalue weighted by Gasteiger charge is -2.27. The molecule has 0 unspecified atom stereocenters. The van der Waals surface area contributed by atoms with Gasteiger partial charge in [-0.1, -0.05) is 17.7 Å². The molecule has 0 saturated carbocycles. The van der Waals surface area contributed by atoms with E-state index in [9.17, 15) is 9.90 Å². The predicted octanol–water partition coefficient (Wildman–Crippen LogP) is 3.15. The lowest BCUT2D eigenvalue weighted by Crippen LogP contribution is -2.37. The zero-order valence-electron chi connectivity index (χ0n) is 12.9. The molecule has 1 aromatic carbocycles. The van der Waals surface area contributed by atoms with Crippen molar-refractivity contribution >= 4 is 5.97 Å². The van der Waals surface area contributed by atoms with Crippen molar-refractivity contribution in [1.29, 1.82) is 0 Å². The van der Waals surface area contributed by atoms with E-state index in [1.807, 2.05) is 7.05 Å². The molecule has 0 atom stereocenters. The second kappa shape index (κ2) is 5.74. The molecule has 1 N–H and O–H groups in total. The molecule has 0 heterocycles. The van der Waals surface area contributed by atoms with Crippen LogP contribution in [0.3, 0.4) is 0 Å². The van der Waals surface area contributed by atoms with Gasteiger partial charge in [-0.3, -0.25) is 4.79 Å². The van der Waals surface area contributed by atoms with Crippen LogP contribution in [0.4, 0.5) is 0 Å². The molecule has 106 valence electrons. The fourth-order valence-electron chi connectivity index (χ4n) is 2.53. The van der Waals surface area contributed by atoms with Crippen LogP contribution < -0.4 is 0 Å². The molecule has 0 saturated heterocycles. The maximum absolute atomic E-state index is 11.2. The summed E-state index contributed by atoms with van der Waals surface area (Å²) in [6, 6.07) is 4.36. The number of benzene rings is 1. The van der Waals surface area contributed by atoms with Gasteiger partial charge in [-0.15, -0.1) is 0 Å². The van der Waals surface area contributed by atoms with Gasteiger partial charge in [0.05, 0.1) is 5.41 Å². The lowest BCUT2D eigenvalue weighted by atomic mass is 9.92. The molecular formula is C16H25NO2. The number of aliphatic carboxylic acids is 1. The second-order valence-corrected chi connectivity index (χ2v) is 6.24. The first-order valence-electron chi connectivity index (χ1n) is 6.62. The number of carboxylic acids is 1. The van der Waals surface area contributed by atoms with E-state index in [0.717, 1.165) is 6.54 Å². The average Bonchev–Trinajstić information content (AvgIpc) is 2.22. The van der Waals surface area contributed by atoms with Crippen molar-refractivity contribution in [3.63, 3.8) is 0 Å². The van der Waals surface area contributed by atoms with E-state index in [0.29, 0.717) is 6.54 Å². The van der Waals surface area contributed by atoms with Gasteiger partial charge in [-0.2, -0.15) is 0 Å². The Kier molecular flexibility index (Phi) is 4.75. The third kappa shape index (κ3) is 4.06. The van der Waals surface area contributed by atoms with Gasteiger partial charge < -0.3 is 10.0 Å². The summed E-state index contributed by atoms with van der Waals surface area (Å²) in [5.41, 5.74) is 4.40. The van der Waals surface area contributed by atoms with E-state index in [-0.39, 0.29) is 0 Å². The minimum atomic E-state index is -0.753. The summed E-state index contributed by atoms with van der Waals surface area (Å²) in [7, 11) is 1.98. The maximum Gasteiger partial charge on any atom is 0.310 e. The van der Waals surface area contributed by atoms with Crippen LogP contribution in [0.25, 0.3) is 0 Å². The van der Waals surface area contributed by atoms with Crippen LogP contribution in [0.2, 0.25) is 0 Å². The molecule has 0 aliphatic rings. The molecule has 0 radical (unpaired) electrons. The van der Waals surface area contributed by atoms with Gasteiger partial charge in [0.15, 0.2) is 0 Å². The molecule has 0 aliphatic heterocycles. The number of hydrogen-bond donors (Lipinski definition) is 1. The maximum atomic E-state index is 11.2. The van der Waals surface area contributed by atoms with Crippen LogP contribution in [-0.2, 0) is 11.3 Å². The molecule has 0 bridgehead atoms. The molecule has 3 nitrogen and oxygen atoms in total. The molecule has 0 amide bonds. The van der Waals surface area contributed by atoms with E-state index in [1.165, 1.54) is 22.3 Å². The van der Waals surface area contributed by atoms with Gasteiger partial charge in [0.2, 0.25) is 0 Å². The SMILES string of the molecule is Cc1cc(C)c(CN(C)CC(C)(C)C(=O)O)c(C)c1. The van der Waals surface area contributed by atoms with Gasteiger partial charge >= 0.3 is 5.97 Å². The summed E-state index contributed by atoms with van der Waals surface area (Å²) in [4.78, 5) is 13.2. The Morgan fingerprint density at radius 1 is 1.21 bits per heavy atom. The minimum absolute atomic E-state index is 0.537. The highest BCUT2D eigenvalue weighted by Gasteiger charge is 2.28. The van der Waals surface area contributed by atoms with Gasteiger partial charge in [-0.05, 0) is 58.4 Å². The van der Waals surface area contributed by atoms with Gasteiger partial charge in [0.25, 0.3) is 0 Å². The highest BCUT2D eigenvalue weighted by Crippen LogP contribution is 2.21. The van der Waals surface area contributed by atoms with Crippen LogP contribution in [-0.4, -0.2) is 29.6 Å². The van der Waals surface area contributed by atoms with Gasteiger partial charge in [0, 0.05) is 13.1 Å². The first kappa shape index (κ1) is 15.7. The van der Waals surface area contributed by atoms with E-state index >= 15 is 0 Å². The number of carboxylic acid groups (broad SMARTS) is 1. The standard InChI is InChI=1S/C16H25NO2/c1-11-7-12(2)14(13(3)8-11)9-17(6)10-16(4,5)15(18)19/h7-8H,9-10H2,1-6H3,(H,18,19). The van der Waals surface area contributed by atoms with Crippen molar-refractivity contribution in [2.24, 2.45) is 5.41 Å². The Bertz CT molecular complexity index is 455. The Morgan fingerprint density at radius 3 is 2.11 bits per heavy atom.